The van der Waals surface area contributed by atoms with Crippen LogP contribution in [0.25, 0.3) is 0 Å². The molecule has 0 spiro atoms. The molecule has 0 amide bonds. The first-order valence-electron chi connectivity index (χ1n) is 6.69. The second-order valence-corrected chi connectivity index (χ2v) is 6.12. The molecule has 0 aliphatic carbocycles. The summed E-state index contributed by atoms with van der Waals surface area (Å²) in [5, 5.41) is 5.64. The molecule has 3 nitrogen and oxygen atoms in total. The molecule has 1 fully saturated rings. The highest BCUT2D eigenvalue weighted by atomic mass is 32.1. The highest BCUT2D eigenvalue weighted by molar-refractivity contribution is 7.10. The number of aliphatic imine (C=N–C) groups is 1. The summed E-state index contributed by atoms with van der Waals surface area (Å²) in [6, 6.07) is 2.17. The Bertz CT molecular complexity index is 411. The maximum atomic E-state index is 4.41. The molecular formula is C14H23N3S. The monoisotopic (exact) mass is 265 g/mol. The van der Waals surface area contributed by atoms with Crippen molar-refractivity contribution in [1.29, 1.82) is 0 Å². The molecule has 0 bridgehead atoms. The summed E-state index contributed by atoms with van der Waals surface area (Å²) < 4.78 is 0. The third kappa shape index (κ3) is 3.25. The Balaban J connectivity index is 1.92. The van der Waals surface area contributed by atoms with E-state index in [9.17, 15) is 0 Å². The summed E-state index contributed by atoms with van der Waals surface area (Å²) in [4.78, 5) is 8.20. The maximum Gasteiger partial charge on any atom is 0.193 e. The molecule has 1 N–H and O–H groups in total. The molecule has 1 unspecified atom stereocenters. The van der Waals surface area contributed by atoms with E-state index in [4.69, 9.17) is 0 Å². The molecule has 0 saturated carbocycles. The SMILES string of the molecule is CN=C(NCc1sccc1C)N1CCCC(C)C1. The lowest BCUT2D eigenvalue weighted by molar-refractivity contribution is 0.266. The molecule has 1 aliphatic heterocycles. The second kappa shape index (κ2) is 6.23. The van der Waals surface area contributed by atoms with Crippen molar-refractivity contribution < 1.29 is 0 Å². The van der Waals surface area contributed by atoms with Gasteiger partial charge >= 0.3 is 0 Å². The van der Waals surface area contributed by atoms with E-state index in [1.807, 2.05) is 18.4 Å². The Kier molecular flexibility index (Phi) is 4.64. The number of nitrogens with one attached hydrogen (secondary N) is 1. The highest BCUT2D eigenvalue weighted by Gasteiger charge is 2.19. The van der Waals surface area contributed by atoms with E-state index in [1.54, 1.807) is 0 Å². The fourth-order valence-electron chi connectivity index (χ4n) is 2.46. The lowest BCUT2D eigenvalue weighted by Crippen LogP contribution is -2.45. The molecule has 1 aromatic rings. The van der Waals surface area contributed by atoms with Crippen LogP contribution < -0.4 is 5.32 Å². The zero-order valence-electron chi connectivity index (χ0n) is 11.6. The van der Waals surface area contributed by atoms with E-state index < -0.39 is 0 Å². The van der Waals surface area contributed by atoms with Crippen molar-refractivity contribution in [3.05, 3.63) is 21.9 Å². The van der Waals surface area contributed by atoms with Gasteiger partial charge in [0.05, 0.1) is 6.54 Å². The number of likely N-dealkylation sites (tertiary alicyclic amines) is 1. The molecular weight excluding hydrogens is 242 g/mol. The Hall–Kier alpha value is -1.03. The molecule has 1 atom stereocenters. The highest BCUT2D eigenvalue weighted by Crippen LogP contribution is 2.17. The van der Waals surface area contributed by atoms with Crippen LogP contribution in [0.5, 0.6) is 0 Å². The standard InChI is InChI=1S/C14H23N3S/c1-11-5-4-7-17(10-11)14(15-3)16-9-13-12(2)6-8-18-13/h6,8,11H,4-5,7,9-10H2,1-3H3,(H,15,16). The van der Waals surface area contributed by atoms with E-state index >= 15 is 0 Å². The Morgan fingerprint density at radius 1 is 1.61 bits per heavy atom. The Labute approximate surface area is 114 Å². The topological polar surface area (TPSA) is 27.6 Å². The van der Waals surface area contributed by atoms with Crippen LogP contribution >= 0.6 is 11.3 Å². The van der Waals surface area contributed by atoms with Crippen molar-refractivity contribution in [2.45, 2.75) is 33.2 Å². The number of rotatable bonds is 2. The van der Waals surface area contributed by atoms with Crippen LogP contribution in [0.1, 0.15) is 30.2 Å². The van der Waals surface area contributed by atoms with Gasteiger partial charge in [-0.15, -0.1) is 11.3 Å². The first-order chi connectivity index (χ1) is 8.70. The molecule has 0 radical (unpaired) electrons. The number of guanidine groups is 1. The van der Waals surface area contributed by atoms with Gasteiger partial charge in [0.15, 0.2) is 5.96 Å². The summed E-state index contributed by atoms with van der Waals surface area (Å²) in [5.41, 5.74) is 1.37. The van der Waals surface area contributed by atoms with Crippen LogP contribution in [0.2, 0.25) is 0 Å². The van der Waals surface area contributed by atoms with Crippen LogP contribution in [0, 0.1) is 12.8 Å². The maximum absolute atomic E-state index is 4.41. The largest absolute Gasteiger partial charge is 0.351 e. The van der Waals surface area contributed by atoms with Gasteiger partial charge in [-0.25, -0.2) is 0 Å². The summed E-state index contributed by atoms with van der Waals surface area (Å²) in [6.07, 6.45) is 2.62. The van der Waals surface area contributed by atoms with Gasteiger partial charge in [-0.3, -0.25) is 4.99 Å². The van der Waals surface area contributed by atoms with Crippen molar-refractivity contribution in [1.82, 2.24) is 10.2 Å². The molecule has 1 aromatic heterocycles. The second-order valence-electron chi connectivity index (χ2n) is 5.12. The zero-order chi connectivity index (χ0) is 13.0. The number of aryl methyl sites for hydroxylation is 1. The van der Waals surface area contributed by atoms with Gasteiger partial charge in [0, 0.05) is 25.0 Å². The van der Waals surface area contributed by atoms with Crippen molar-refractivity contribution in [3.8, 4) is 0 Å². The average Bonchev–Trinajstić information content (AvgIpc) is 2.76. The molecule has 2 rings (SSSR count). The van der Waals surface area contributed by atoms with Crippen molar-refractivity contribution in [2.24, 2.45) is 10.9 Å². The first-order valence-corrected chi connectivity index (χ1v) is 7.57. The van der Waals surface area contributed by atoms with Crippen LogP contribution in [-0.2, 0) is 6.54 Å². The minimum atomic E-state index is 0.778. The van der Waals surface area contributed by atoms with Crippen LogP contribution in [0.4, 0.5) is 0 Å². The molecule has 1 aliphatic rings. The number of piperidine rings is 1. The summed E-state index contributed by atoms with van der Waals surface area (Å²) in [6.45, 7) is 7.64. The first kappa shape index (κ1) is 13.4. The normalized spacial score (nSPS) is 21.2. The molecule has 0 aromatic carbocycles. The van der Waals surface area contributed by atoms with Gasteiger partial charge in [0.25, 0.3) is 0 Å². The van der Waals surface area contributed by atoms with Gasteiger partial charge in [0.1, 0.15) is 0 Å². The quantitative estimate of drug-likeness (QED) is 0.658. The van der Waals surface area contributed by atoms with E-state index in [2.05, 4.69) is 40.5 Å². The molecule has 1 saturated heterocycles. The van der Waals surface area contributed by atoms with Gasteiger partial charge in [-0.1, -0.05) is 6.92 Å². The van der Waals surface area contributed by atoms with E-state index in [1.165, 1.54) is 23.3 Å². The van der Waals surface area contributed by atoms with Gasteiger partial charge in [-0.05, 0) is 42.7 Å². The predicted octanol–water partition coefficient (Wildman–Crippen LogP) is 2.86. The van der Waals surface area contributed by atoms with Gasteiger partial charge < -0.3 is 10.2 Å². The fraction of sp³-hybridized carbons (Fsp3) is 0.643. The third-order valence-electron chi connectivity index (χ3n) is 3.54. The Morgan fingerprint density at radius 3 is 3.06 bits per heavy atom. The van der Waals surface area contributed by atoms with Crippen molar-refractivity contribution in [3.63, 3.8) is 0 Å². The predicted molar refractivity (Wildman–Crippen MR) is 79.2 cm³/mol. The van der Waals surface area contributed by atoms with E-state index in [0.717, 1.165) is 31.5 Å². The van der Waals surface area contributed by atoms with Crippen molar-refractivity contribution in [2.75, 3.05) is 20.1 Å². The number of hydrogen-bond donors (Lipinski definition) is 1. The molecule has 100 valence electrons. The number of hydrogen-bond acceptors (Lipinski definition) is 2. The lowest BCUT2D eigenvalue weighted by Gasteiger charge is -2.33. The fourth-order valence-corrected chi connectivity index (χ4v) is 3.30. The molecule has 18 heavy (non-hydrogen) atoms. The lowest BCUT2D eigenvalue weighted by atomic mass is 10.0. The van der Waals surface area contributed by atoms with E-state index in [-0.39, 0.29) is 0 Å². The summed E-state index contributed by atoms with van der Waals surface area (Å²) in [5.74, 6) is 1.83. The number of nitrogens with zero attached hydrogens (tertiary/aromatic N) is 2. The molecule has 4 heteroatoms. The summed E-state index contributed by atoms with van der Waals surface area (Å²) >= 11 is 1.81. The minimum Gasteiger partial charge on any atom is -0.351 e. The zero-order valence-corrected chi connectivity index (χ0v) is 12.4. The average molecular weight is 265 g/mol. The van der Waals surface area contributed by atoms with Crippen LogP contribution in [-0.4, -0.2) is 31.0 Å². The Morgan fingerprint density at radius 2 is 2.44 bits per heavy atom. The van der Waals surface area contributed by atoms with Gasteiger partial charge in [-0.2, -0.15) is 0 Å². The summed E-state index contributed by atoms with van der Waals surface area (Å²) in [7, 11) is 1.88. The van der Waals surface area contributed by atoms with E-state index in [0.29, 0.717) is 0 Å². The third-order valence-corrected chi connectivity index (χ3v) is 4.57. The van der Waals surface area contributed by atoms with Crippen LogP contribution in [0.3, 0.4) is 0 Å². The number of thiophene rings is 1. The van der Waals surface area contributed by atoms with Crippen molar-refractivity contribution >= 4 is 17.3 Å². The molecule has 2 heterocycles. The van der Waals surface area contributed by atoms with Crippen LogP contribution in [0.15, 0.2) is 16.4 Å². The van der Waals surface area contributed by atoms with Gasteiger partial charge in [0.2, 0.25) is 0 Å². The smallest absolute Gasteiger partial charge is 0.193 e. The minimum absolute atomic E-state index is 0.778.